The lowest BCUT2D eigenvalue weighted by molar-refractivity contribution is 0.0907. The summed E-state index contributed by atoms with van der Waals surface area (Å²) < 4.78 is 5.87. The largest absolute Gasteiger partial charge is 0.455 e. The number of carbonyl (C=O) groups is 2. The predicted octanol–water partition coefficient (Wildman–Crippen LogP) is 3.90. The van der Waals surface area contributed by atoms with Crippen LogP contribution in [0.5, 0.6) is 0 Å². The van der Waals surface area contributed by atoms with Crippen molar-refractivity contribution in [1.82, 2.24) is 10.7 Å². The van der Waals surface area contributed by atoms with E-state index in [2.05, 4.69) is 15.8 Å². The third-order valence-corrected chi connectivity index (χ3v) is 5.13. The number of nitrogens with zero attached hydrogens (tertiary/aromatic N) is 1. The maximum Gasteiger partial charge on any atom is 0.287 e. The minimum absolute atomic E-state index is 0.0796. The molecule has 0 radical (unpaired) electrons. The lowest BCUT2D eigenvalue weighted by Crippen LogP contribution is -2.32. The van der Waals surface area contributed by atoms with Gasteiger partial charge in [0.2, 0.25) is 0 Å². The number of hydrazone groups is 1. The van der Waals surface area contributed by atoms with E-state index in [1.807, 2.05) is 39.8 Å². The van der Waals surface area contributed by atoms with E-state index in [0.717, 1.165) is 53.8 Å². The second-order valence-electron chi connectivity index (χ2n) is 7.36. The topological polar surface area (TPSA) is 83.7 Å². The van der Waals surface area contributed by atoms with Gasteiger partial charge in [0.15, 0.2) is 5.76 Å². The Morgan fingerprint density at radius 1 is 1.14 bits per heavy atom. The van der Waals surface area contributed by atoms with Crippen LogP contribution in [0, 0.1) is 13.8 Å². The van der Waals surface area contributed by atoms with E-state index in [-0.39, 0.29) is 17.9 Å². The van der Waals surface area contributed by atoms with Crippen LogP contribution < -0.4 is 10.7 Å². The van der Waals surface area contributed by atoms with Crippen molar-refractivity contribution in [3.05, 3.63) is 58.0 Å². The summed E-state index contributed by atoms with van der Waals surface area (Å²) in [5, 5.41) is 7.30. The fourth-order valence-corrected chi connectivity index (χ4v) is 3.28. The molecule has 0 fully saturated rings. The van der Waals surface area contributed by atoms with Crippen LogP contribution in [0.15, 0.2) is 33.8 Å². The molecule has 2 N–H and O–H groups in total. The smallest absolute Gasteiger partial charge is 0.287 e. The molecule has 1 aromatic carbocycles. The zero-order valence-corrected chi connectivity index (χ0v) is 16.9. The minimum Gasteiger partial charge on any atom is -0.455 e. The molecule has 0 spiro atoms. The third-order valence-electron chi connectivity index (χ3n) is 5.13. The molecule has 1 aromatic heterocycles. The van der Waals surface area contributed by atoms with Gasteiger partial charge in [-0.05, 0) is 52.2 Å². The molecule has 0 saturated carbocycles. The van der Waals surface area contributed by atoms with Crippen LogP contribution in [0.1, 0.15) is 76.5 Å². The number of nitrogens with one attached hydrogen (secondary N) is 2. The number of benzene rings is 1. The molecule has 1 atom stereocenters. The molecule has 1 aliphatic rings. The highest BCUT2D eigenvalue weighted by Crippen LogP contribution is 2.30. The van der Waals surface area contributed by atoms with E-state index in [1.54, 1.807) is 12.1 Å². The van der Waals surface area contributed by atoms with E-state index in [1.165, 1.54) is 0 Å². The van der Waals surface area contributed by atoms with Crippen molar-refractivity contribution >= 4 is 17.5 Å². The quantitative estimate of drug-likeness (QED) is 0.771. The summed E-state index contributed by atoms with van der Waals surface area (Å²) in [6, 6.07) is 7.41. The number of carbonyl (C=O) groups excluding carboxylic acids is 2. The van der Waals surface area contributed by atoms with Gasteiger partial charge in [0.25, 0.3) is 11.8 Å². The molecule has 0 bridgehead atoms. The van der Waals surface area contributed by atoms with E-state index >= 15 is 0 Å². The third kappa shape index (κ3) is 4.16. The SMILES string of the molecule is CCC(C)NC(=O)c1oc2c(c1C)/C(=N/NC(=O)c1ccc(C)cc1)CCC2. The average Bonchev–Trinajstić information content (AvgIpc) is 3.04. The Kier molecular flexibility index (Phi) is 5.97. The number of hydrogen-bond acceptors (Lipinski definition) is 4. The van der Waals surface area contributed by atoms with Crippen molar-refractivity contribution in [3.8, 4) is 0 Å². The summed E-state index contributed by atoms with van der Waals surface area (Å²) in [5.41, 5.74) is 6.68. The molecule has 1 heterocycles. The van der Waals surface area contributed by atoms with Gasteiger partial charge in [-0.1, -0.05) is 24.6 Å². The maximum absolute atomic E-state index is 12.5. The highest BCUT2D eigenvalue weighted by molar-refractivity contribution is 6.07. The molecule has 2 aromatic rings. The Morgan fingerprint density at radius 3 is 2.54 bits per heavy atom. The number of rotatable bonds is 5. The maximum atomic E-state index is 12.5. The summed E-state index contributed by atoms with van der Waals surface area (Å²) in [4.78, 5) is 24.9. The molecule has 1 aliphatic carbocycles. The summed E-state index contributed by atoms with van der Waals surface area (Å²) in [6.07, 6.45) is 3.21. The van der Waals surface area contributed by atoms with Gasteiger partial charge < -0.3 is 9.73 Å². The Bertz CT molecular complexity index is 910. The molecule has 2 amide bonds. The number of fused-ring (bicyclic) bond motifs is 1. The van der Waals surface area contributed by atoms with Crippen LogP contribution in [0.25, 0.3) is 0 Å². The molecule has 6 nitrogen and oxygen atoms in total. The zero-order chi connectivity index (χ0) is 20.3. The molecule has 0 saturated heterocycles. The van der Waals surface area contributed by atoms with Gasteiger partial charge in [-0.15, -0.1) is 0 Å². The van der Waals surface area contributed by atoms with E-state index in [0.29, 0.717) is 11.3 Å². The first kappa shape index (κ1) is 19.9. The second-order valence-corrected chi connectivity index (χ2v) is 7.36. The highest BCUT2D eigenvalue weighted by atomic mass is 16.4. The van der Waals surface area contributed by atoms with Crippen LogP contribution in [0.4, 0.5) is 0 Å². The van der Waals surface area contributed by atoms with Crippen molar-refractivity contribution in [2.45, 2.75) is 59.4 Å². The Labute approximate surface area is 165 Å². The molecule has 1 unspecified atom stereocenters. The van der Waals surface area contributed by atoms with Gasteiger partial charge >= 0.3 is 0 Å². The highest BCUT2D eigenvalue weighted by Gasteiger charge is 2.28. The van der Waals surface area contributed by atoms with Crippen molar-refractivity contribution in [1.29, 1.82) is 0 Å². The van der Waals surface area contributed by atoms with Crippen LogP contribution in [-0.4, -0.2) is 23.6 Å². The summed E-state index contributed by atoms with van der Waals surface area (Å²) in [5.74, 6) is 0.644. The van der Waals surface area contributed by atoms with Gasteiger partial charge in [-0.25, -0.2) is 5.43 Å². The van der Waals surface area contributed by atoms with E-state index < -0.39 is 0 Å². The van der Waals surface area contributed by atoms with Crippen LogP contribution in [0.2, 0.25) is 0 Å². The zero-order valence-electron chi connectivity index (χ0n) is 16.9. The van der Waals surface area contributed by atoms with Crippen molar-refractivity contribution in [2.24, 2.45) is 5.10 Å². The van der Waals surface area contributed by atoms with Gasteiger partial charge in [0.1, 0.15) is 5.76 Å². The van der Waals surface area contributed by atoms with Crippen LogP contribution in [0.3, 0.4) is 0 Å². The van der Waals surface area contributed by atoms with Crippen molar-refractivity contribution < 1.29 is 14.0 Å². The molecule has 3 rings (SSSR count). The molecular weight excluding hydrogens is 354 g/mol. The predicted molar refractivity (Wildman–Crippen MR) is 109 cm³/mol. The first-order chi connectivity index (χ1) is 13.4. The first-order valence-electron chi connectivity index (χ1n) is 9.77. The van der Waals surface area contributed by atoms with Crippen molar-refractivity contribution in [2.75, 3.05) is 0 Å². The number of aryl methyl sites for hydroxylation is 2. The van der Waals surface area contributed by atoms with E-state index in [9.17, 15) is 9.59 Å². The summed E-state index contributed by atoms with van der Waals surface area (Å²) in [6.45, 7) is 7.83. The Hall–Kier alpha value is -2.89. The normalized spacial score (nSPS) is 15.8. The molecule has 148 valence electrons. The van der Waals surface area contributed by atoms with E-state index in [4.69, 9.17) is 4.42 Å². The van der Waals surface area contributed by atoms with Gasteiger partial charge in [-0.3, -0.25) is 9.59 Å². The first-order valence-corrected chi connectivity index (χ1v) is 9.77. The molecule has 0 aliphatic heterocycles. The summed E-state index contributed by atoms with van der Waals surface area (Å²) >= 11 is 0. The second kappa shape index (κ2) is 8.42. The van der Waals surface area contributed by atoms with Gasteiger partial charge in [0.05, 0.1) is 5.71 Å². The lowest BCUT2D eigenvalue weighted by atomic mass is 9.93. The molecule has 6 heteroatoms. The number of furan rings is 1. The number of amides is 2. The fraction of sp³-hybridized carbons (Fsp3) is 0.409. The van der Waals surface area contributed by atoms with Gasteiger partial charge in [0, 0.05) is 29.2 Å². The minimum atomic E-state index is -0.254. The standard InChI is InChI=1S/C22H27N3O3/c1-5-14(3)23-22(27)20-15(4)19-17(7-6-8-18(19)28-20)24-25-21(26)16-11-9-13(2)10-12-16/h9-12,14H,5-8H2,1-4H3,(H,23,27)(H,25,26)/b24-17+. The fourth-order valence-electron chi connectivity index (χ4n) is 3.28. The average molecular weight is 381 g/mol. The Morgan fingerprint density at radius 2 is 1.86 bits per heavy atom. The monoisotopic (exact) mass is 381 g/mol. The Balaban J connectivity index is 1.82. The van der Waals surface area contributed by atoms with Gasteiger partial charge in [-0.2, -0.15) is 5.10 Å². The summed E-state index contributed by atoms with van der Waals surface area (Å²) in [7, 11) is 0. The lowest BCUT2D eigenvalue weighted by Gasteiger charge is -2.13. The van der Waals surface area contributed by atoms with Crippen LogP contribution in [-0.2, 0) is 6.42 Å². The van der Waals surface area contributed by atoms with Crippen molar-refractivity contribution in [3.63, 3.8) is 0 Å². The molecule has 28 heavy (non-hydrogen) atoms. The molecular formula is C22H27N3O3. The number of hydrogen-bond donors (Lipinski definition) is 2. The van der Waals surface area contributed by atoms with Crippen LogP contribution >= 0.6 is 0 Å².